The zero-order valence-electron chi connectivity index (χ0n) is 16.0. The van der Waals surface area contributed by atoms with E-state index in [9.17, 15) is 0 Å². The predicted molar refractivity (Wildman–Crippen MR) is 121 cm³/mol. The quantitative estimate of drug-likeness (QED) is 0.356. The number of aryl methyl sites for hydroxylation is 1. The maximum Gasteiger partial charge on any atom is 0.0534 e. The fourth-order valence-electron chi connectivity index (χ4n) is 3.33. The number of hydrogen-bond acceptors (Lipinski definition) is 1. The average Bonchev–Trinajstić information content (AvgIpc) is 2.77. The second-order valence-electron chi connectivity index (χ2n) is 6.82. The van der Waals surface area contributed by atoms with Crippen LogP contribution in [0.25, 0.3) is 17.2 Å². The maximum absolute atomic E-state index is 2.26. The van der Waals surface area contributed by atoms with Gasteiger partial charge in [-0.2, -0.15) is 0 Å². The Morgan fingerprint density at radius 1 is 0.643 bits per heavy atom. The molecule has 0 saturated heterocycles. The van der Waals surface area contributed by atoms with Gasteiger partial charge in [-0.1, -0.05) is 90.5 Å². The Bertz CT molecular complexity index is 1050. The van der Waals surface area contributed by atoms with Crippen LogP contribution in [0.2, 0.25) is 0 Å². The molecule has 0 heterocycles. The van der Waals surface area contributed by atoms with Gasteiger partial charge in [-0.15, -0.1) is 0 Å². The van der Waals surface area contributed by atoms with Gasteiger partial charge in [0.15, 0.2) is 0 Å². The summed E-state index contributed by atoms with van der Waals surface area (Å²) in [6, 6.07) is 38.1. The van der Waals surface area contributed by atoms with Gasteiger partial charge < -0.3 is 4.90 Å². The third-order valence-corrected chi connectivity index (χ3v) is 4.75. The van der Waals surface area contributed by atoms with Gasteiger partial charge in [0.25, 0.3) is 0 Å². The van der Waals surface area contributed by atoms with Gasteiger partial charge in [0.05, 0.1) is 5.69 Å². The van der Waals surface area contributed by atoms with Crippen LogP contribution in [0, 0.1) is 6.92 Å². The molecule has 4 aromatic rings. The standard InChI is InChI=1S/C27H23N/c1-22-17-18-27(26(21-22)24-13-7-3-8-14-24)28(25-15-9-4-10-16-25)20-19-23-11-5-2-6-12-23/h2-21H,1H3. The molecule has 1 nitrogen and oxygen atoms in total. The molecule has 0 N–H and O–H groups in total. The van der Waals surface area contributed by atoms with E-state index in [1.165, 1.54) is 22.3 Å². The van der Waals surface area contributed by atoms with Crippen molar-refractivity contribution < 1.29 is 0 Å². The summed E-state index contributed by atoms with van der Waals surface area (Å²) in [7, 11) is 0. The minimum atomic E-state index is 1.13. The van der Waals surface area contributed by atoms with Crippen molar-refractivity contribution in [3.63, 3.8) is 0 Å². The molecule has 4 rings (SSSR count). The van der Waals surface area contributed by atoms with Crippen molar-refractivity contribution in [1.82, 2.24) is 0 Å². The SMILES string of the molecule is Cc1ccc(N(C=Cc2ccccc2)c2ccccc2)c(-c2ccccc2)c1. The van der Waals surface area contributed by atoms with Crippen LogP contribution in [0.4, 0.5) is 11.4 Å². The smallest absolute Gasteiger partial charge is 0.0534 e. The van der Waals surface area contributed by atoms with Crippen LogP contribution in [0.15, 0.2) is 115 Å². The lowest BCUT2D eigenvalue weighted by Crippen LogP contribution is -2.09. The number of rotatable bonds is 5. The molecule has 0 saturated carbocycles. The molecule has 0 unspecified atom stereocenters. The van der Waals surface area contributed by atoms with Gasteiger partial charge >= 0.3 is 0 Å². The van der Waals surface area contributed by atoms with E-state index in [0.717, 1.165) is 11.4 Å². The highest BCUT2D eigenvalue weighted by Crippen LogP contribution is 2.36. The Hall–Kier alpha value is -3.58. The van der Waals surface area contributed by atoms with Crippen molar-refractivity contribution >= 4 is 17.5 Å². The van der Waals surface area contributed by atoms with E-state index in [1.54, 1.807) is 0 Å². The van der Waals surface area contributed by atoms with E-state index in [1.807, 2.05) is 6.07 Å². The molecule has 0 radical (unpaired) electrons. The van der Waals surface area contributed by atoms with Crippen LogP contribution in [-0.2, 0) is 0 Å². The second kappa shape index (κ2) is 8.41. The first-order valence-electron chi connectivity index (χ1n) is 9.55. The van der Waals surface area contributed by atoms with Crippen molar-refractivity contribution in [3.05, 3.63) is 127 Å². The molecular formula is C27H23N. The number of anilines is 2. The van der Waals surface area contributed by atoms with E-state index < -0.39 is 0 Å². The van der Waals surface area contributed by atoms with Crippen LogP contribution in [0.5, 0.6) is 0 Å². The topological polar surface area (TPSA) is 3.24 Å². The fourth-order valence-corrected chi connectivity index (χ4v) is 3.33. The normalized spacial score (nSPS) is 10.9. The third kappa shape index (κ3) is 4.05. The van der Waals surface area contributed by atoms with E-state index in [4.69, 9.17) is 0 Å². The summed E-state index contributed by atoms with van der Waals surface area (Å²) in [5.74, 6) is 0. The molecule has 0 bridgehead atoms. The Morgan fingerprint density at radius 3 is 1.93 bits per heavy atom. The van der Waals surface area contributed by atoms with E-state index >= 15 is 0 Å². The Kier molecular flexibility index (Phi) is 5.35. The maximum atomic E-state index is 2.26. The van der Waals surface area contributed by atoms with Crippen molar-refractivity contribution in [3.8, 4) is 11.1 Å². The van der Waals surface area contributed by atoms with E-state index in [-0.39, 0.29) is 0 Å². The van der Waals surface area contributed by atoms with Crippen molar-refractivity contribution in [2.45, 2.75) is 6.92 Å². The number of nitrogens with zero attached hydrogens (tertiary/aromatic N) is 1. The minimum absolute atomic E-state index is 1.13. The summed E-state index contributed by atoms with van der Waals surface area (Å²) < 4.78 is 0. The first-order chi connectivity index (χ1) is 13.8. The summed E-state index contributed by atoms with van der Waals surface area (Å²) in [6.45, 7) is 2.14. The molecule has 0 aliphatic heterocycles. The van der Waals surface area contributed by atoms with Crippen LogP contribution in [0.3, 0.4) is 0 Å². The van der Waals surface area contributed by atoms with E-state index in [0.29, 0.717) is 0 Å². The summed E-state index contributed by atoms with van der Waals surface area (Å²) >= 11 is 0. The zero-order chi connectivity index (χ0) is 19.2. The largest absolute Gasteiger partial charge is 0.317 e. The molecule has 1 heteroatoms. The van der Waals surface area contributed by atoms with Crippen molar-refractivity contribution in [2.75, 3.05) is 4.90 Å². The fraction of sp³-hybridized carbons (Fsp3) is 0.0370. The lowest BCUT2D eigenvalue weighted by Gasteiger charge is -2.24. The van der Waals surface area contributed by atoms with Crippen molar-refractivity contribution in [2.24, 2.45) is 0 Å². The lowest BCUT2D eigenvalue weighted by molar-refractivity contribution is 1.28. The molecule has 0 spiro atoms. The van der Waals surface area contributed by atoms with Gasteiger partial charge in [-0.25, -0.2) is 0 Å². The van der Waals surface area contributed by atoms with Gasteiger partial charge in [0.1, 0.15) is 0 Å². The van der Waals surface area contributed by atoms with Crippen LogP contribution >= 0.6 is 0 Å². The number of benzene rings is 4. The molecule has 136 valence electrons. The average molecular weight is 361 g/mol. The third-order valence-electron chi connectivity index (χ3n) is 4.75. The number of hydrogen-bond donors (Lipinski definition) is 0. The monoisotopic (exact) mass is 361 g/mol. The highest BCUT2D eigenvalue weighted by Gasteiger charge is 2.13. The highest BCUT2D eigenvalue weighted by molar-refractivity contribution is 5.84. The van der Waals surface area contributed by atoms with Crippen molar-refractivity contribution in [1.29, 1.82) is 0 Å². The van der Waals surface area contributed by atoms with Crippen LogP contribution < -0.4 is 4.90 Å². The Labute approximate surface area is 167 Å². The van der Waals surface area contributed by atoms with Gasteiger partial charge in [-0.3, -0.25) is 0 Å². The van der Waals surface area contributed by atoms with E-state index in [2.05, 4.69) is 127 Å². The summed E-state index contributed by atoms with van der Waals surface area (Å²) in [4.78, 5) is 2.26. The molecule has 4 aromatic carbocycles. The molecule has 0 aromatic heterocycles. The molecule has 0 fully saturated rings. The Morgan fingerprint density at radius 2 is 1.25 bits per heavy atom. The number of para-hydroxylation sites is 1. The predicted octanol–water partition coefficient (Wildman–Crippen LogP) is 7.47. The summed E-state index contributed by atoms with van der Waals surface area (Å²) in [5.41, 5.74) is 7.17. The summed E-state index contributed by atoms with van der Waals surface area (Å²) in [5, 5.41) is 0. The molecule has 0 aliphatic carbocycles. The first-order valence-corrected chi connectivity index (χ1v) is 9.55. The second-order valence-corrected chi connectivity index (χ2v) is 6.82. The van der Waals surface area contributed by atoms with Crippen LogP contribution in [-0.4, -0.2) is 0 Å². The molecule has 0 atom stereocenters. The highest BCUT2D eigenvalue weighted by atomic mass is 15.1. The van der Waals surface area contributed by atoms with Crippen LogP contribution in [0.1, 0.15) is 11.1 Å². The lowest BCUT2D eigenvalue weighted by atomic mass is 10.00. The van der Waals surface area contributed by atoms with Gasteiger partial charge in [-0.05, 0) is 48.4 Å². The minimum Gasteiger partial charge on any atom is -0.317 e. The molecule has 28 heavy (non-hydrogen) atoms. The molecular weight excluding hydrogens is 338 g/mol. The molecule has 0 aliphatic rings. The molecule has 0 amide bonds. The van der Waals surface area contributed by atoms with Gasteiger partial charge in [0.2, 0.25) is 0 Å². The zero-order valence-corrected chi connectivity index (χ0v) is 16.0. The Balaban J connectivity index is 1.85. The summed E-state index contributed by atoms with van der Waals surface area (Å²) in [6.07, 6.45) is 4.31. The first kappa shape index (κ1) is 17.8. The van der Waals surface area contributed by atoms with Gasteiger partial charge in [0, 0.05) is 17.5 Å².